The maximum atomic E-state index is 13.1. The standard InChI is InChI=1S/C21H22F3N3O4/c1-3-30-20(29)11-4-6-12(7-5-11)25-19(28)18-15-9-8-14(31-15)17(18)13-10-16(21(22,23)24)26-27(13)2/h4-7,10,14-15,17-18H,3,8-9H2,1-2H3,(H,25,28)/t14?,15?,17-,18?/m1/s1. The first kappa shape index (κ1) is 21.4. The van der Waals surface area contributed by atoms with E-state index in [0.29, 0.717) is 29.8 Å². The molecule has 7 nitrogen and oxygen atoms in total. The van der Waals surface area contributed by atoms with Crippen molar-refractivity contribution in [2.24, 2.45) is 13.0 Å². The Labute approximate surface area is 176 Å². The average Bonchev–Trinajstić information content (AvgIpc) is 3.42. The Balaban J connectivity index is 1.54. The minimum absolute atomic E-state index is 0.257. The van der Waals surface area contributed by atoms with Crippen molar-refractivity contribution in [1.29, 1.82) is 0 Å². The molecule has 2 saturated heterocycles. The normalized spacial score (nSPS) is 24.9. The first-order chi connectivity index (χ1) is 14.7. The van der Waals surface area contributed by atoms with Crippen LogP contribution in [0.4, 0.5) is 18.9 Å². The van der Waals surface area contributed by atoms with Gasteiger partial charge in [0.2, 0.25) is 5.91 Å². The van der Waals surface area contributed by atoms with Gasteiger partial charge in [-0.2, -0.15) is 18.3 Å². The van der Waals surface area contributed by atoms with Crippen molar-refractivity contribution in [2.45, 2.75) is 44.1 Å². The molecule has 0 saturated carbocycles. The molecule has 3 heterocycles. The van der Waals surface area contributed by atoms with Crippen LogP contribution in [0.15, 0.2) is 30.3 Å². The van der Waals surface area contributed by atoms with E-state index in [1.54, 1.807) is 31.2 Å². The Morgan fingerprint density at radius 2 is 1.90 bits per heavy atom. The third-order valence-corrected chi connectivity index (χ3v) is 5.79. The first-order valence-corrected chi connectivity index (χ1v) is 10.0. The van der Waals surface area contributed by atoms with Crippen LogP contribution in [0.2, 0.25) is 0 Å². The summed E-state index contributed by atoms with van der Waals surface area (Å²) in [5, 5.41) is 6.39. The monoisotopic (exact) mass is 437 g/mol. The molecule has 0 radical (unpaired) electrons. The van der Waals surface area contributed by atoms with Crippen molar-refractivity contribution in [3.63, 3.8) is 0 Å². The van der Waals surface area contributed by atoms with Gasteiger partial charge in [0.15, 0.2) is 5.69 Å². The van der Waals surface area contributed by atoms with Crippen molar-refractivity contribution >= 4 is 17.6 Å². The third kappa shape index (κ3) is 4.04. The highest BCUT2D eigenvalue weighted by atomic mass is 19.4. The molecule has 2 fully saturated rings. The van der Waals surface area contributed by atoms with Crippen LogP contribution in [-0.4, -0.2) is 40.5 Å². The van der Waals surface area contributed by atoms with Gasteiger partial charge in [0, 0.05) is 24.3 Å². The molecule has 3 unspecified atom stereocenters. The molecule has 2 aliphatic heterocycles. The van der Waals surface area contributed by atoms with Gasteiger partial charge in [-0.15, -0.1) is 0 Å². The van der Waals surface area contributed by atoms with Crippen molar-refractivity contribution < 1.29 is 32.2 Å². The quantitative estimate of drug-likeness (QED) is 0.724. The second kappa shape index (κ2) is 7.99. The number of nitrogens with one attached hydrogen (secondary N) is 1. The van der Waals surface area contributed by atoms with Crippen molar-refractivity contribution in [2.75, 3.05) is 11.9 Å². The van der Waals surface area contributed by atoms with Gasteiger partial charge in [0.05, 0.1) is 30.3 Å². The number of aryl methyl sites for hydroxylation is 1. The maximum Gasteiger partial charge on any atom is 0.435 e. The average molecular weight is 437 g/mol. The van der Waals surface area contributed by atoms with Gasteiger partial charge in [-0.05, 0) is 50.1 Å². The van der Waals surface area contributed by atoms with Crippen LogP contribution in [0.25, 0.3) is 0 Å². The number of benzene rings is 1. The number of carbonyl (C=O) groups is 2. The van der Waals surface area contributed by atoms with Gasteiger partial charge >= 0.3 is 12.1 Å². The number of nitrogens with zero attached hydrogens (tertiary/aromatic N) is 2. The van der Waals surface area contributed by atoms with Gasteiger partial charge in [0.25, 0.3) is 0 Å². The molecule has 166 valence electrons. The second-order valence-corrected chi connectivity index (χ2v) is 7.70. The van der Waals surface area contributed by atoms with Crippen LogP contribution in [-0.2, 0) is 27.5 Å². The van der Waals surface area contributed by atoms with E-state index in [9.17, 15) is 22.8 Å². The highest BCUT2D eigenvalue weighted by Gasteiger charge is 2.54. The topological polar surface area (TPSA) is 82.4 Å². The van der Waals surface area contributed by atoms with E-state index in [1.165, 1.54) is 11.7 Å². The van der Waals surface area contributed by atoms with Crippen LogP contribution >= 0.6 is 0 Å². The van der Waals surface area contributed by atoms with E-state index in [0.717, 1.165) is 6.07 Å². The Hall–Kier alpha value is -2.88. The molecule has 1 amide bonds. The fraction of sp³-hybridized carbons (Fsp3) is 0.476. The summed E-state index contributed by atoms with van der Waals surface area (Å²) in [6.07, 6.45) is -3.90. The number of halogens is 3. The zero-order valence-electron chi connectivity index (χ0n) is 17.0. The van der Waals surface area contributed by atoms with Crippen LogP contribution in [0.1, 0.15) is 47.4 Å². The van der Waals surface area contributed by atoms with Gasteiger partial charge in [0.1, 0.15) is 0 Å². The predicted octanol–water partition coefficient (Wildman–Crippen LogP) is 3.52. The molecular weight excluding hydrogens is 415 g/mol. The van der Waals surface area contributed by atoms with Gasteiger partial charge < -0.3 is 14.8 Å². The number of anilines is 1. The molecule has 0 spiro atoms. The van der Waals surface area contributed by atoms with Crippen LogP contribution < -0.4 is 5.32 Å². The number of rotatable bonds is 5. The van der Waals surface area contributed by atoms with Crippen LogP contribution in [0.5, 0.6) is 0 Å². The summed E-state index contributed by atoms with van der Waals surface area (Å²) in [6.45, 7) is 1.97. The number of amides is 1. The number of hydrogen-bond acceptors (Lipinski definition) is 5. The summed E-state index contributed by atoms with van der Waals surface area (Å²) < 4.78 is 51.4. The van der Waals surface area contributed by atoms with Gasteiger partial charge in [-0.1, -0.05) is 0 Å². The number of alkyl halides is 3. The lowest BCUT2D eigenvalue weighted by molar-refractivity contribution is -0.141. The summed E-state index contributed by atoms with van der Waals surface area (Å²) in [5.41, 5.74) is 0.176. The van der Waals surface area contributed by atoms with Gasteiger partial charge in [-0.25, -0.2) is 4.79 Å². The Morgan fingerprint density at radius 1 is 1.23 bits per heavy atom. The van der Waals surface area contributed by atoms with Crippen LogP contribution in [0, 0.1) is 5.92 Å². The number of hydrogen-bond donors (Lipinski definition) is 1. The SMILES string of the molecule is CCOC(=O)c1ccc(NC(=O)C2C3CCC(O3)[C@H]2c2cc(C(F)(F)F)nn2C)cc1. The molecule has 1 N–H and O–H groups in total. The largest absolute Gasteiger partial charge is 0.462 e. The molecule has 31 heavy (non-hydrogen) atoms. The summed E-state index contributed by atoms with van der Waals surface area (Å²) in [4.78, 5) is 24.9. The molecule has 1 aromatic heterocycles. The molecule has 0 aliphatic carbocycles. The fourth-order valence-corrected chi connectivity index (χ4v) is 4.45. The zero-order valence-corrected chi connectivity index (χ0v) is 17.0. The van der Waals surface area contributed by atoms with Gasteiger partial charge in [-0.3, -0.25) is 9.48 Å². The van der Waals surface area contributed by atoms with E-state index in [1.807, 2.05) is 0 Å². The number of ether oxygens (including phenoxy) is 2. The second-order valence-electron chi connectivity index (χ2n) is 7.70. The number of fused-ring (bicyclic) bond motifs is 2. The van der Waals surface area contributed by atoms with E-state index in [2.05, 4.69) is 10.4 Å². The molecule has 1 aromatic carbocycles. The van der Waals surface area contributed by atoms with Crippen molar-refractivity contribution in [3.8, 4) is 0 Å². The molecule has 2 aromatic rings. The Morgan fingerprint density at radius 3 is 2.52 bits per heavy atom. The highest BCUT2D eigenvalue weighted by Crippen LogP contribution is 2.49. The number of esters is 1. The minimum atomic E-state index is -4.56. The summed E-state index contributed by atoms with van der Waals surface area (Å²) in [5.74, 6) is -1.96. The van der Waals surface area contributed by atoms with E-state index in [4.69, 9.17) is 9.47 Å². The first-order valence-electron chi connectivity index (χ1n) is 10.0. The van der Waals surface area contributed by atoms with Crippen LogP contribution in [0.3, 0.4) is 0 Å². The summed E-state index contributed by atoms with van der Waals surface area (Å²) in [6, 6.07) is 7.25. The molecular formula is C21H22F3N3O4. The highest BCUT2D eigenvalue weighted by molar-refractivity contribution is 5.95. The molecule has 4 rings (SSSR count). The molecule has 2 aliphatic rings. The Bertz CT molecular complexity index is 987. The minimum Gasteiger partial charge on any atom is -0.462 e. The zero-order chi connectivity index (χ0) is 22.3. The molecule has 4 atom stereocenters. The molecule has 10 heteroatoms. The van der Waals surface area contributed by atoms with E-state index >= 15 is 0 Å². The lowest BCUT2D eigenvalue weighted by Gasteiger charge is -2.27. The van der Waals surface area contributed by atoms with Crippen molar-refractivity contribution in [1.82, 2.24) is 9.78 Å². The summed E-state index contributed by atoms with van der Waals surface area (Å²) in [7, 11) is 1.44. The molecule has 2 bridgehead atoms. The van der Waals surface area contributed by atoms with E-state index in [-0.39, 0.29) is 24.7 Å². The number of carbonyl (C=O) groups excluding carboxylic acids is 2. The maximum absolute atomic E-state index is 13.1. The lowest BCUT2D eigenvalue weighted by atomic mass is 9.76. The lowest BCUT2D eigenvalue weighted by Crippen LogP contribution is -2.36. The Kier molecular flexibility index (Phi) is 5.50. The fourth-order valence-electron chi connectivity index (χ4n) is 4.45. The number of aromatic nitrogens is 2. The predicted molar refractivity (Wildman–Crippen MR) is 103 cm³/mol. The third-order valence-electron chi connectivity index (χ3n) is 5.79. The van der Waals surface area contributed by atoms with Crippen molar-refractivity contribution in [3.05, 3.63) is 47.3 Å². The van der Waals surface area contributed by atoms with E-state index < -0.39 is 29.7 Å². The smallest absolute Gasteiger partial charge is 0.435 e. The summed E-state index contributed by atoms with van der Waals surface area (Å²) >= 11 is 0.